The van der Waals surface area contributed by atoms with Crippen LogP contribution in [0.4, 0.5) is 0 Å². The van der Waals surface area contributed by atoms with E-state index in [-0.39, 0.29) is 5.91 Å². The van der Waals surface area contributed by atoms with Crippen molar-refractivity contribution in [2.75, 3.05) is 12.8 Å². The summed E-state index contributed by atoms with van der Waals surface area (Å²) in [6.07, 6.45) is 0. The minimum Gasteiger partial charge on any atom is -0.340 e. The highest BCUT2D eigenvalue weighted by molar-refractivity contribution is 9.10. The van der Waals surface area contributed by atoms with Gasteiger partial charge in [-0.25, -0.2) is 0 Å². The molecule has 0 fully saturated rings. The fourth-order valence-corrected chi connectivity index (χ4v) is 3.83. The van der Waals surface area contributed by atoms with Gasteiger partial charge in [0.15, 0.2) is 0 Å². The van der Waals surface area contributed by atoms with Crippen molar-refractivity contribution in [3.63, 3.8) is 0 Å². The average Bonchev–Trinajstić information content (AvgIpc) is 2.91. The van der Waals surface area contributed by atoms with E-state index in [0.29, 0.717) is 12.3 Å². The molecule has 0 atom stereocenters. The molecule has 1 aromatic heterocycles. The van der Waals surface area contributed by atoms with Crippen molar-refractivity contribution in [2.45, 2.75) is 12.3 Å². The Labute approximate surface area is 136 Å². The number of hydrogen-bond acceptors (Lipinski definition) is 3. The van der Waals surface area contributed by atoms with Crippen molar-refractivity contribution in [1.82, 2.24) is 4.90 Å². The van der Waals surface area contributed by atoms with E-state index in [2.05, 4.69) is 34.1 Å². The second kappa shape index (κ2) is 7.86. The molecule has 1 heterocycles. The Kier molecular flexibility index (Phi) is 6.13. The predicted molar refractivity (Wildman–Crippen MR) is 91.1 cm³/mol. The lowest BCUT2D eigenvalue weighted by Gasteiger charge is -2.15. The van der Waals surface area contributed by atoms with E-state index in [0.717, 1.165) is 10.2 Å². The smallest absolute Gasteiger partial charge is 0.232 e. The summed E-state index contributed by atoms with van der Waals surface area (Å²) < 4.78 is 1.08. The fraction of sp³-hybridized carbons (Fsp3) is 0.267. The van der Waals surface area contributed by atoms with E-state index in [9.17, 15) is 4.79 Å². The quantitative estimate of drug-likeness (QED) is 0.751. The van der Waals surface area contributed by atoms with Crippen LogP contribution in [0.15, 0.2) is 46.3 Å². The van der Waals surface area contributed by atoms with Crippen LogP contribution in [0.2, 0.25) is 0 Å². The van der Waals surface area contributed by atoms with E-state index < -0.39 is 0 Å². The standard InChI is InChI=1S/C15H16BrNOS2/c1-17(9-14-6-3-7-20-14)15(18)11-19-10-12-4-2-5-13(16)8-12/h2-8H,9-11H2,1H3. The lowest BCUT2D eigenvalue weighted by molar-refractivity contribution is -0.127. The maximum absolute atomic E-state index is 12.0. The van der Waals surface area contributed by atoms with Gasteiger partial charge in [0.2, 0.25) is 5.91 Å². The number of hydrogen-bond donors (Lipinski definition) is 0. The summed E-state index contributed by atoms with van der Waals surface area (Å²) in [6.45, 7) is 0.702. The lowest BCUT2D eigenvalue weighted by atomic mass is 10.2. The molecule has 2 nitrogen and oxygen atoms in total. The molecule has 5 heteroatoms. The molecule has 0 radical (unpaired) electrons. The van der Waals surface area contributed by atoms with Gasteiger partial charge in [-0.3, -0.25) is 4.79 Å². The topological polar surface area (TPSA) is 20.3 Å². The highest BCUT2D eigenvalue weighted by Gasteiger charge is 2.09. The Bertz CT molecular complexity index is 557. The molecule has 0 aliphatic rings. The molecule has 2 aromatic rings. The maximum atomic E-state index is 12.0. The van der Waals surface area contributed by atoms with Gasteiger partial charge in [-0.05, 0) is 29.1 Å². The first-order chi connectivity index (χ1) is 9.65. The number of benzene rings is 1. The Morgan fingerprint density at radius 1 is 1.35 bits per heavy atom. The Hall–Kier alpha value is -0.780. The van der Waals surface area contributed by atoms with E-state index in [4.69, 9.17) is 0 Å². The Morgan fingerprint density at radius 2 is 2.20 bits per heavy atom. The van der Waals surface area contributed by atoms with Crippen LogP contribution in [0, 0.1) is 0 Å². The van der Waals surface area contributed by atoms with Gasteiger partial charge in [-0.2, -0.15) is 0 Å². The summed E-state index contributed by atoms with van der Waals surface area (Å²) in [5, 5.41) is 2.04. The average molecular weight is 370 g/mol. The molecule has 0 N–H and O–H groups in total. The predicted octanol–water partition coefficient (Wildman–Crippen LogP) is 4.40. The number of amides is 1. The molecular formula is C15H16BrNOS2. The summed E-state index contributed by atoms with van der Waals surface area (Å²) in [6, 6.07) is 12.3. The minimum atomic E-state index is 0.179. The van der Waals surface area contributed by atoms with Crippen molar-refractivity contribution < 1.29 is 4.79 Å². The van der Waals surface area contributed by atoms with Crippen molar-refractivity contribution in [2.24, 2.45) is 0 Å². The molecule has 0 unspecified atom stereocenters. The van der Waals surface area contributed by atoms with Crippen molar-refractivity contribution in [3.05, 3.63) is 56.7 Å². The normalized spacial score (nSPS) is 10.5. The number of carbonyl (C=O) groups is 1. The van der Waals surface area contributed by atoms with Gasteiger partial charge in [-0.15, -0.1) is 23.1 Å². The first kappa shape index (κ1) is 15.6. The van der Waals surface area contributed by atoms with Gasteiger partial charge in [0.05, 0.1) is 12.3 Å². The van der Waals surface area contributed by atoms with Gasteiger partial charge < -0.3 is 4.90 Å². The molecule has 20 heavy (non-hydrogen) atoms. The van der Waals surface area contributed by atoms with E-state index in [1.165, 1.54) is 10.4 Å². The van der Waals surface area contributed by atoms with Gasteiger partial charge in [0.25, 0.3) is 0 Å². The summed E-state index contributed by atoms with van der Waals surface area (Å²) in [5.41, 5.74) is 1.23. The molecule has 0 saturated heterocycles. The first-order valence-electron chi connectivity index (χ1n) is 6.23. The molecular weight excluding hydrogens is 354 g/mol. The monoisotopic (exact) mass is 369 g/mol. The lowest BCUT2D eigenvalue weighted by Crippen LogP contribution is -2.27. The number of carbonyl (C=O) groups excluding carboxylic acids is 1. The van der Waals surface area contributed by atoms with Crippen LogP contribution in [0.1, 0.15) is 10.4 Å². The zero-order chi connectivity index (χ0) is 14.4. The number of thiophene rings is 1. The number of thioether (sulfide) groups is 1. The van der Waals surface area contributed by atoms with Crippen molar-refractivity contribution in [1.29, 1.82) is 0 Å². The maximum Gasteiger partial charge on any atom is 0.232 e. The fourth-order valence-electron chi connectivity index (χ4n) is 1.72. The number of halogens is 1. The second-order valence-electron chi connectivity index (χ2n) is 4.45. The zero-order valence-corrected chi connectivity index (χ0v) is 14.4. The van der Waals surface area contributed by atoms with Crippen molar-refractivity contribution >= 4 is 44.9 Å². The van der Waals surface area contributed by atoms with Crippen LogP contribution in [0.3, 0.4) is 0 Å². The number of nitrogens with zero attached hydrogens (tertiary/aromatic N) is 1. The molecule has 0 spiro atoms. The van der Waals surface area contributed by atoms with Gasteiger partial charge >= 0.3 is 0 Å². The molecule has 0 saturated carbocycles. The summed E-state index contributed by atoms with van der Waals surface area (Å²) in [4.78, 5) is 15.0. The van der Waals surface area contributed by atoms with Crippen LogP contribution >= 0.6 is 39.0 Å². The summed E-state index contributed by atoms with van der Waals surface area (Å²) >= 11 is 6.80. The van der Waals surface area contributed by atoms with Crippen LogP contribution in [-0.4, -0.2) is 23.6 Å². The highest BCUT2D eigenvalue weighted by atomic mass is 79.9. The minimum absolute atomic E-state index is 0.179. The molecule has 0 bridgehead atoms. The molecule has 1 aromatic carbocycles. The number of rotatable bonds is 6. The first-order valence-corrected chi connectivity index (χ1v) is 9.06. The van der Waals surface area contributed by atoms with Crippen molar-refractivity contribution in [3.8, 4) is 0 Å². The van der Waals surface area contributed by atoms with E-state index >= 15 is 0 Å². The largest absolute Gasteiger partial charge is 0.340 e. The molecule has 106 valence electrons. The van der Waals surface area contributed by atoms with Gasteiger partial charge in [0, 0.05) is 22.2 Å². The van der Waals surface area contributed by atoms with Gasteiger partial charge in [-0.1, -0.05) is 34.1 Å². The Balaban J connectivity index is 1.74. The molecule has 1 amide bonds. The van der Waals surface area contributed by atoms with E-state index in [1.807, 2.05) is 30.6 Å². The third kappa shape index (κ3) is 4.96. The highest BCUT2D eigenvalue weighted by Crippen LogP contribution is 2.18. The third-order valence-electron chi connectivity index (χ3n) is 2.78. The molecule has 2 rings (SSSR count). The zero-order valence-electron chi connectivity index (χ0n) is 11.2. The van der Waals surface area contributed by atoms with Crippen LogP contribution < -0.4 is 0 Å². The van der Waals surface area contributed by atoms with Crippen LogP contribution in [0.25, 0.3) is 0 Å². The van der Waals surface area contributed by atoms with Gasteiger partial charge in [0.1, 0.15) is 0 Å². The molecule has 0 aliphatic heterocycles. The van der Waals surface area contributed by atoms with Crippen LogP contribution in [0.5, 0.6) is 0 Å². The van der Waals surface area contributed by atoms with E-state index in [1.54, 1.807) is 28.0 Å². The molecule has 0 aliphatic carbocycles. The summed E-state index contributed by atoms with van der Waals surface area (Å²) in [7, 11) is 1.86. The summed E-state index contributed by atoms with van der Waals surface area (Å²) in [5.74, 6) is 1.56. The third-order valence-corrected chi connectivity index (χ3v) is 5.13. The van der Waals surface area contributed by atoms with Crippen LogP contribution in [-0.2, 0) is 17.1 Å². The second-order valence-corrected chi connectivity index (χ2v) is 7.39. The SMILES string of the molecule is CN(Cc1cccs1)C(=O)CSCc1cccc(Br)c1. The Morgan fingerprint density at radius 3 is 2.90 bits per heavy atom.